The Hall–Kier alpha value is -2.00. The summed E-state index contributed by atoms with van der Waals surface area (Å²) in [6, 6.07) is 16.4. The summed E-state index contributed by atoms with van der Waals surface area (Å²) < 4.78 is 10.7. The maximum Gasteiger partial charge on any atom is 0.119 e. The van der Waals surface area contributed by atoms with Gasteiger partial charge in [-0.2, -0.15) is 0 Å². The zero-order chi connectivity index (χ0) is 14.9. The van der Waals surface area contributed by atoms with Gasteiger partial charge < -0.3 is 14.8 Å². The van der Waals surface area contributed by atoms with E-state index < -0.39 is 0 Å². The average Bonchev–Trinajstić information content (AvgIpc) is 2.52. The van der Waals surface area contributed by atoms with Gasteiger partial charge in [0.25, 0.3) is 0 Å². The molecule has 1 N–H and O–H groups in total. The highest BCUT2D eigenvalue weighted by molar-refractivity contribution is 5.29. The zero-order valence-corrected chi connectivity index (χ0v) is 12.8. The summed E-state index contributed by atoms with van der Waals surface area (Å²) in [7, 11) is 1.70. The zero-order valence-electron chi connectivity index (χ0n) is 12.8. The predicted octanol–water partition coefficient (Wildman–Crippen LogP) is 3.43. The third kappa shape index (κ3) is 5.12. The first-order chi connectivity index (χ1) is 10.3. The number of benzene rings is 2. The number of ether oxygens (including phenoxy) is 2. The average molecular weight is 285 g/mol. The van der Waals surface area contributed by atoms with Crippen molar-refractivity contribution >= 4 is 0 Å². The highest BCUT2D eigenvalue weighted by Crippen LogP contribution is 2.14. The lowest BCUT2D eigenvalue weighted by Gasteiger charge is -2.08. The van der Waals surface area contributed by atoms with Crippen molar-refractivity contribution in [1.29, 1.82) is 0 Å². The van der Waals surface area contributed by atoms with Crippen LogP contribution in [0.5, 0.6) is 11.5 Å². The van der Waals surface area contributed by atoms with E-state index in [9.17, 15) is 0 Å². The fourth-order valence-corrected chi connectivity index (χ4v) is 2.21. The van der Waals surface area contributed by atoms with Crippen LogP contribution in [0.3, 0.4) is 0 Å². The molecule has 0 aliphatic rings. The molecular weight excluding hydrogens is 262 g/mol. The molecule has 112 valence electrons. The lowest BCUT2D eigenvalue weighted by Crippen LogP contribution is -2.16. The van der Waals surface area contributed by atoms with Gasteiger partial charge in [-0.3, -0.25) is 0 Å². The van der Waals surface area contributed by atoms with Crippen LogP contribution in [-0.2, 0) is 13.0 Å². The van der Waals surface area contributed by atoms with Gasteiger partial charge in [-0.25, -0.2) is 0 Å². The standard InChI is InChI=1S/C18H23NO2/c1-3-21-18-9-5-7-16(13-18)14-19-11-10-15-6-4-8-17(12-15)20-2/h4-9,12-13,19H,3,10-11,14H2,1-2H3. The van der Waals surface area contributed by atoms with Crippen LogP contribution < -0.4 is 14.8 Å². The highest BCUT2D eigenvalue weighted by Gasteiger charge is 1.98. The van der Waals surface area contributed by atoms with Crippen molar-refractivity contribution in [2.24, 2.45) is 0 Å². The smallest absolute Gasteiger partial charge is 0.119 e. The van der Waals surface area contributed by atoms with Crippen LogP contribution in [0.25, 0.3) is 0 Å². The summed E-state index contributed by atoms with van der Waals surface area (Å²) in [6.45, 7) is 4.49. The van der Waals surface area contributed by atoms with E-state index in [1.807, 2.05) is 31.2 Å². The molecule has 2 aromatic carbocycles. The Balaban J connectivity index is 1.77. The summed E-state index contributed by atoms with van der Waals surface area (Å²) in [5.74, 6) is 1.85. The van der Waals surface area contributed by atoms with Gasteiger partial charge in [-0.05, 0) is 55.3 Å². The second-order valence-electron chi connectivity index (χ2n) is 4.86. The largest absolute Gasteiger partial charge is 0.497 e. The Bertz CT molecular complexity index is 554. The minimum atomic E-state index is 0.701. The second kappa shape index (κ2) is 8.32. The van der Waals surface area contributed by atoms with Crippen molar-refractivity contribution < 1.29 is 9.47 Å². The van der Waals surface area contributed by atoms with E-state index >= 15 is 0 Å². The molecule has 3 heteroatoms. The molecule has 0 aromatic heterocycles. The van der Waals surface area contributed by atoms with Crippen molar-refractivity contribution in [1.82, 2.24) is 5.32 Å². The van der Waals surface area contributed by atoms with Crippen LogP contribution in [0.1, 0.15) is 18.1 Å². The summed E-state index contributed by atoms with van der Waals surface area (Å²) in [5, 5.41) is 3.46. The van der Waals surface area contributed by atoms with Crippen LogP contribution >= 0.6 is 0 Å². The molecule has 0 aliphatic carbocycles. The summed E-state index contributed by atoms with van der Waals surface area (Å²) in [5.41, 5.74) is 2.52. The number of hydrogen-bond donors (Lipinski definition) is 1. The Morgan fingerprint density at radius 3 is 2.43 bits per heavy atom. The van der Waals surface area contributed by atoms with Crippen molar-refractivity contribution in [3.63, 3.8) is 0 Å². The monoisotopic (exact) mass is 285 g/mol. The molecule has 0 radical (unpaired) electrons. The first kappa shape index (κ1) is 15.4. The van der Waals surface area contributed by atoms with E-state index in [2.05, 4.69) is 29.6 Å². The van der Waals surface area contributed by atoms with E-state index in [1.54, 1.807) is 7.11 Å². The molecule has 0 heterocycles. The van der Waals surface area contributed by atoms with Gasteiger partial charge in [-0.1, -0.05) is 24.3 Å². The molecule has 0 bridgehead atoms. The fourth-order valence-electron chi connectivity index (χ4n) is 2.21. The van der Waals surface area contributed by atoms with Gasteiger partial charge in [0.15, 0.2) is 0 Å². The van der Waals surface area contributed by atoms with Gasteiger partial charge in [-0.15, -0.1) is 0 Å². The first-order valence-corrected chi connectivity index (χ1v) is 7.37. The molecule has 0 unspecified atom stereocenters. The lowest BCUT2D eigenvalue weighted by atomic mass is 10.1. The number of nitrogens with one attached hydrogen (secondary N) is 1. The van der Waals surface area contributed by atoms with Gasteiger partial charge in [0.2, 0.25) is 0 Å². The van der Waals surface area contributed by atoms with Crippen molar-refractivity contribution in [2.75, 3.05) is 20.3 Å². The molecular formula is C18H23NO2. The van der Waals surface area contributed by atoms with Crippen LogP contribution in [0, 0.1) is 0 Å². The number of hydrogen-bond acceptors (Lipinski definition) is 3. The molecule has 21 heavy (non-hydrogen) atoms. The molecule has 0 saturated heterocycles. The minimum Gasteiger partial charge on any atom is -0.497 e. The molecule has 3 nitrogen and oxygen atoms in total. The Kier molecular flexibility index (Phi) is 6.10. The Morgan fingerprint density at radius 2 is 1.67 bits per heavy atom. The van der Waals surface area contributed by atoms with E-state index in [0.717, 1.165) is 31.0 Å². The normalized spacial score (nSPS) is 10.4. The van der Waals surface area contributed by atoms with Gasteiger partial charge in [0.1, 0.15) is 11.5 Å². The maximum absolute atomic E-state index is 5.51. The molecule has 0 amide bonds. The van der Waals surface area contributed by atoms with Crippen LogP contribution in [0.4, 0.5) is 0 Å². The Morgan fingerprint density at radius 1 is 0.952 bits per heavy atom. The van der Waals surface area contributed by atoms with Gasteiger partial charge in [0.05, 0.1) is 13.7 Å². The van der Waals surface area contributed by atoms with E-state index in [1.165, 1.54) is 11.1 Å². The van der Waals surface area contributed by atoms with Crippen molar-refractivity contribution in [2.45, 2.75) is 19.9 Å². The molecule has 0 atom stereocenters. The van der Waals surface area contributed by atoms with Gasteiger partial charge >= 0.3 is 0 Å². The fraction of sp³-hybridized carbons (Fsp3) is 0.333. The number of rotatable bonds is 8. The lowest BCUT2D eigenvalue weighted by molar-refractivity contribution is 0.340. The van der Waals surface area contributed by atoms with E-state index in [4.69, 9.17) is 9.47 Å². The van der Waals surface area contributed by atoms with Crippen LogP contribution in [0.15, 0.2) is 48.5 Å². The molecule has 0 saturated carbocycles. The second-order valence-corrected chi connectivity index (χ2v) is 4.86. The predicted molar refractivity (Wildman–Crippen MR) is 86.0 cm³/mol. The van der Waals surface area contributed by atoms with Crippen molar-refractivity contribution in [3.8, 4) is 11.5 Å². The summed E-state index contributed by atoms with van der Waals surface area (Å²) >= 11 is 0. The minimum absolute atomic E-state index is 0.701. The number of methoxy groups -OCH3 is 1. The quantitative estimate of drug-likeness (QED) is 0.754. The van der Waals surface area contributed by atoms with Gasteiger partial charge in [0, 0.05) is 6.54 Å². The molecule has 0 aliphatic heterocycles. The topological polar surface area (TPSA) is 30.5 Å². The van der Waals surface area contributed by atoms with Crippen LogP contribution in [-0.4, -0.2) is 20.3 Å². The molecule has 0 fully saturated rings. The maximum atomic E-state index is 5.51. The Labute approximate surface area is 126 Å². The third-order valence-corrected chi connectivity index (χ3v) is 3.26. The SMILES string of the molecule is CCOc1cccc(CNCCc2cccc(OC)c2)c1. The third-order valence-electron chi connectivity index (χ3n) is 3.26. The molecule has 2 aromatic rings. The van der Waals surface area contributed by atoms with E-state index in [0.29, 0.717) is 6.61 Å². The summed E-state index contributed by atoms with van der Waals surface area (Å²) in [4.78, 5) is 0. The highest BCUT2D eigenvalue weighted by atomic mass is 16.5. The molecule has 0 spiro atoms. The van der Waals surface area contributed by atoms with Crippen molar-refractivity contribution in [3.05, 3.63) is 59.7 Å². The summed E-state index contributed by atoms with van der Waals surface area (Å²) in [6.07, 6.45) is 0.988. The molecule has 2 rings (SSSR count). The van der Waals surface area contributed by atoms with E-state index in [-0.39, 0.29) is 0 Å². The first-order valence-electron chi connectivity index (χ1n) is 7.37. The van der Waals surface area contributed by atoms with Crippen LogP contribution in [0.2, 0.25) is 0 Å².